The zero-order valence-corrected chi connectivity index (χ0v) is 17.3. The Bertz CT molecular complexity index is 1080. The maximum atomic E-state index is 13.4. The molecule has 3 aliphatic heterocycles. The number of rotatable bonds is 3. The summed E-state index contributed by atoms with van der Waals surface area (Å²) in [5.74, 6) is -5.34. The third-order valence-electron chi connectivity index (χ3n) is 6.99. The van der Waals surface area contributed by atoms with Crippen molar-refractivity contribution in [2.24, 2.45) is 17.8 Å². The molecule has 2 amide bonds. The van der Waals surface area contributed by atoms with Crippen LogP contribution in [0.15, 0.2) is 18.2 Å². The predicted molar refractivity (Wildman–Crippen MR) is 99.7 cm³/mol. The monoisotopic (exact) mass is 452 g/mol. The topological polar surface area (TPSA) is 117 Å². The van der Waals surface area contributed by atoms with Gasteiger partial charge in [-0.05, 0) is 32.0 Å². The van der Waals surface area contributed by atoms with E-state index < -0.39 is 70.1 Å². The molecular formula is C21H19F3N2O6. The number of benzene rings is 1. The number of halogens is 3. The van der Waals surface area contributed by atoms with Crippen LogP contribution in [0.25, 0.3) is 0 Å². The summed E-state index contributed by atoms with van der Waals surface area (Å²) in [6.45, 7) is 2.96. The van der Waals surface area contributed by atoms with Gasteiger partial charge in [0.2, 0.25) is 11.8 Å². The number of amides is 2. The first kappa shape index (κ1) is 22.2. The summed E-state index contributed by atoms with van der Waals surface area (Å²) in [7, 11) is 1.17. The van der Waals surface area contributed by atoms with Gasteiger partial charge in [-0.3, -0.25) is 14.4 Å². The molecule has 32 heavy (non-hydrogen) atoms. The summed E-state index contributed by atoms with van der Waals surface area (Å²) >= 11 is 0. The number of nitriles is 1. The van der Waals surface area contributed by atoms with Crippen LogP contribution in [0.1, 0.15) is 31.4 Å². The maximum absolute atomic E-state index is 13.4. The molecule has 0 aromatic heterocycles. The molecule has 3 aliphatic rings. The number of aliphatic hydroxyl groups excluding tert-OH is 1. The number of carbonyl (C=O) groups excluding carboxylic acids is 3. The molecule has 3 fully saturated rings. The summed E-state index contributed by atoms with van der Waals surface area (Å²) in [6, 6.07) is 4.03. The van der Waals surface area contributed by atoms with E-state index in [2.05, 4.69) is 4.74 Å². The second-order valence-corrected chi connectivity index (χ2v) is 8.61. The molecule has 3 unspecified atom stereocenters. The van der Waals surface area contributed by atoms with Crippen molar-refractivity contribution in [3.05, 3.63) is 29.3 Å². The number of hydrogen-bond acceptors (Lipinski definition) is 7. The highest BCUT2D eigenvalue weighted by Gasteiger charge is 2.79. The molecule has 2 bridgehead atoms. The Morgan fingerprint density at radius 1 is 1.25 bits per heavy atom. The minimum absolute atomic E-state index is 0.260. The first-order valence-electron chi connectivity index (χ1n) is 9.75. The average Bonchev–Trinajstić information content (AvgIpc) is 3.22. The quantitative estimate of drug-likeness (QED) is 0.549. The fraction of sp³-hybridized carbons (Fsp3) is 0.524. The molecule has 1 N–H and O–H groups in total. The van der Waals surface area contributed by atoms with Crippen molar-refractivity contribution in [3.8, 4) is 6.07 Å². The minimum atomic E-state index is -4.87. The molecular weight excluding hydrogens is 433 g/mol. The van der Waals surface area contributed by atoms with Gasteiger partial charge in [0.25, 0.3) is 0 Å². The number of methoxy groups -OCH3 is 1. The van der Waals surface area contributed by atoms with Gasteiger partial charge in [-0.2, -0.15) is 18.4 Å². The van der Waals surface area contributed by atoms with Gasteiger partial charge in [0.1, 0.15) is 5.60 Å². The summed E-state index contributed by atoms with van der Waals surface area (Å²) in [4.78, 5) is 39.1. The van der Waals surface area contributed by atoms with Crippen LogP contribution >= 0.6 is 0 Å². The van der Waals surface area contributed by atoms with Gasteiger partial charge in [0.05, 0.1) is 60.0 Å². The summed E-state index contributed by atoms with van der Waals surface area (Å²) in [5.41, 5.74) is -5.16. The van der Waals surface area contributed by atoms with Gasteiger partial charge in [-0.15, -0.1) is 0 Å². The van der Waals surface area contributed by atoms with E-state index in [4.69, 9.17) is 10.00 Å². The number of carbonyl (C=O) groups is 3. The summed E-state index contributed by atoms with van der Waals surface area (Å²) in [5, 5.41) is 19.9. The van der Waals surface area contributed by atoms with Crippen LogP contribution in [0, 0.1) is 29.1 Å². The number of anilines is 1. The molecule has 11 heteroatoms. The van der Waals surface area contributed by atoms with Gasteiger partial charge in [-0.1, -0.05) is 0 Å². The fourth-order valence-corrected chi connectivity index (χ4v) is 5.52. The molecule has 6 atom stereocenters. The van der Waals surface area contributed by atoms with Crippen LogP contribution in [-0.4, -0.2) is 47.3 Å². The van der Waals surface area contributed by atoms with E-state index in [-0.39, 0.29) is 12.1 Å². The zero-order chi connectivity index (χ0) is 23.8. The SMILES string of the molecule is COC(=O)C[C@H]1[C@H](O)C2(C)OC1(C)C1C(=O)N(c3ccc(C#N)c(C(F)(F)F)c3)C(=O)[C@H]12. The number of fused-ring (bicyclic) bond motifs is 5. The summed E-state index contributed by atoms with van der Waals surface area (Å²) < 4.78 is 50.9. The third kappa shape index (κ3) is 2.72. The van der Waals surface area contributed by atoms with Crippen molar-refractivity contribution < 1.29 is 42.1 Å². The van der Waals surface area contributed by atoms with Crippen LogP contribution in [0.2, 0.25) is 0 Å². The van der Waals surface area contributed by atoms with E-state index in [1.54, 1.807) is 0 Å². The molecule has 0 radical (unpaired) electrons. The lowest BCUT2D eigenvalue weighted by Crippen LogP contribution is -2.54. The molecule has 0 spiro atoms. The Kier molecular flexibility index (Phi) is 4.70. The highest BCUT2D eigenvalue weighted by Crippen LogP contribution is 2.64. The van der Waals surface area contributed by atoms with Crippen molar-refractivity contribution in [2.45, 2.75) is 43.8 Å². The molecule has 1 aromatic carbocycles. The Morgan fingerprint density at radius 3 is 2.38 bits per heavy atom. The number of aliphatic hydroxyl groups is 1. The average molecular weight is 452 g/mol. The molecule has 170 valence electrons. The molecule has 0 saturated carbocycles. The first-order valence-corrected chi connectivity index (χ1v) is 9.75. The van der Waals surface area contributed by atoms with Crippen LogP contribution < -0.4 is 4.90 Å². The largest absolute Gasteiger partial charge is 0.469 e. The van der Waals surface area contributed by atoms with E-state index in [1.807, 2.05) is 0 Å². The van der Waals surface area contributed by atoms with E-state index in [9.17, 15) is 32.7 Å². The van der Waals surface area contributed by atoms with Crippen molar-refractivity contribution in [1.82, 2.24) is 0 Å². The number of hydrogen-bond donors (Lipinski definition) is 1. The number of imide groups is 1. The molecule has 8 nitrogen and oxygen atoms in total. The van der Waals surface area contributed by atoms with Crippen LogP contribution in [0.4, 0.5) is 18.9 Å². The Balaban J connectivity index is 1.78. The Hall–Kier alpha value is -2.97. The predicted octanol–water partition coefficient (Wildman–Crippen LogP) is 1.78. The van der Waals surface area contributed by atoms with E-state index in [1.165, 1.54) is 27.0 Å². The lowest BCUT2D eigenvalue weighted by molar-refractivity contribution is -0.146. The van der Waals surface area contributed by atoms with Gasteiger partial charge in [0.15, 0.2) is 0 Å². The molecule has 3 saturated heterocycles. The first-order chi connectivity index (χ1) is 14.8. The van der Waals surface area contributed by atoms with E-state index >= 15 is 0 Å². The Morgan fingerprint density at radius 2 is 1.84 bits per heavy atom. The minimum Gasteiger partial charge on any atom is -0.469 e. The normalized spacial score (nSPS) is 35.8. The number of nitrogens with zero attached hydrogens (tertiary/aromatic N) is 2. The third-order valence-corrected chi connectivity index (χ3v) is 6.99. The number of alkyl halides is 3. The van der Waals surface area contributed by atoms with Crippen molar-refractivity contribution in [1.29, 1.82) is 5.26 Å². The lowest BCUT2D eigenvalue weighted by atomic mass is 9.61. The summed E-state index contributed by atoms with van der Waals surface area (Å²) in [6.07, 6.45) is -6.41. The van der Waals surface area contributed by atoms with Gasteiger partial charge in [-0.25, -0.2) is 4.90 Å². The number of ether oxygens (including phenoxy) is 2. The second kappa shape index (κ2) is 6.76. The van der Waals surface area contributed by atoms with Crippen molar-refractivity contribution in [3.63, 3.8) is 0 Å². The second-order valence-electron chi connectivity index (χ2n) is 8.61. The highest BCUT2D eigenvalue weighted by atomic mass is 19.4. The van der Waals surface area contributed by atoms with E-state index in [0.717, 1.165) is 12.1 Å². The molecule has 1 aromatic rings. The van der Waals surface area contributed by atoms with E-state index in [0.29, 0.717) is 11.0 Å². The van der Waals surface area contributed by atoms with Crippen LogP contribution in [0.5, 0.6) is 0 Å². The standard InChI is InChI=1S/C21H19F3N2O6/c1-19-12(7-13(27)31-3)16(28)20(2,32-19)15-14(19)17(29)26(18(15)30)10-5-4-9(8-25)11(6-10)21(22,23)24/h4-6,12,14-16,28H,7H2,1-3H3/t12-,14?,15-,16-,19?,20?/m0/s1. The van der Waals surface area contributed by atoms with Gasteiger partial charge in [0, 0.05) is 5.92 Å². The molecule has 3 heterocycles. The smallest absolute Gasteiger partial charge is 0.417 e. The molecule has 4 rings (SSSR count). The van der Waals surface area contributed by atoms with Crippen molar-refractivity contribution in [2.75, 3.05) is 12.0 Å². The highest BCUT2D eigenvalue weighted by molar-refractivity contribution is 6.23. The van der Waals surface area contributed by atoms with Gasteiger partial charge < -0.3 is 14.6 Å². The fourth-order valence-electron chi connectivity index (χ4n) is 5.52. The van der Waals surface area contributed by atoms with Crippen molar-refractivity contribution >= 4 is 23.5 Å². The number of esters is 1. The lowest BCUT2D eigenvalue weighted by Gasteiger charge is -2.38. The van der Waals surface area contributed by atoms with Crippen LogP contribution in [0.3, 0.4) is 0 Å². The van der Waals surface area contributed by atoms with Crippen LogP contribution in [-0.2, 0) is 30.0 Å². The van der Waals surface area contributed by atoms with Gasteiger partial charge >= 0.3 is 12.1 Å². The molecule has 0 aliphatic carbocycles. The maximum Gasteiger partial charge on any atom is 0.417 e. The zero-order valence-electron chi connectivity index (χ0n) is 17.3. The Labute approximate surface area is 180 Å².